The fraction of sp³-hybridized carbons (Fsp3) is 0.432. The van der Waals surface area contributed by atoms with Gasteiger partial charge in [0.25, 0.3) is 11.8 Å². The maximum Gasteiger partial charge on any atom is 0.320 e. The number of rotatable bonds is 15. The number of carbonyl (C=O) groups is 5. The molecule has 0 radical (unpaired) electrons. The van der Waals surface area contributed by atoms with E-state index in [1.54, 1.807) is 12.1 Å². The summed E-state index contributed by atoms with van der Waals surface area (Å²) >= 11 is 0. The smallest absolute Gasteiger partial charge is 0.320 e. The zero-order chi connectivity index (χ0) is 35.1. The second-order valence-corrected chi connectivity index (χ2v) is 13.1. The van der Waals surface area contributed by atoms with Crippen LogP contribution in [0, 0.1) is 5.92 Å². The number of carbonyl (C=O) groups excluding carboxylic acids is 4. The van der Waals surface area contributed by atoms with Crippen molar-refractivity contribution in [3.05, 3.63) is 83.4 Å². The molecule has 0 saturated carbocycles. The van der Waals surface area contributed by atoms with Crippen LogP contribution in [0.2, 0.25) is 0 Å². The number of morpholine rings is 1. The van der Waals surface area contributed by atoms with Crippen LogP contribution in [0.15, 0.2) is 66.7 Å². The second-order valence-electron chi connectivity index (χ2n) is 13.1. The molecule has 49 heavy (non-hydrogen) atoms. The summed E-state index contributed by atoms with van der Waals surface area (Å²) in [6.07, 6.45) is 0.125. The van der Waals surface area contributed by atoms with Crippen LogP contribution in [0.5, 0.6) is 0 Å². The highest BCUT2D eigenvalue weighted by Gasteiger charge is 2.37. The number of fused-ring (bicyclic) bond motifs is 2. The zero-order valence-corrected chi connectivity index (χ0v) is 28.2. The van der Waals surface area contributed by atoms with Crippen molar-refractivity contribution in [2.75, 3.05) is 32.8 Å². The van der Waals surface area contributed by atoms with Crippen LogP contribution in [0.1, 0.15) is 59.9 Å². The number of ether oxygens (including phenoxy) is 1. The van der Waals surface area contributed by atoms with Crippen LogP contribution in [0.4, 0.5) is 0 Å². The largest absolute Gasteiger partial charge is 0.480 e. The third-order valence-electron chi connectivity index (χ3n) is 9.06. The molecule has 0 bridgehead atoms. The van der Waals surface area contributed by atoms with E-state index in [0.717, 1.165) is 21.2 Å². The number of imide groups is 1. The molecule has 3 aromatic rings. The van der Waals surface area contributed by atoms with Gasteiger partial charge in [-0.25, -0.2) is 0 Å². The molecule has 4 amide bonds. The van der Waals surface area contributed by atoms with Gasteiger partial charge < -0.3 is 20.5 Å². The number of amides is 4. The van der Waals surface area contributed by atoms with E-state index in [2.05, 4.69) is 20.9 Å². The predicted octanol–water partition coefficient (Wildman–Crippen LogP) is 2.81. The lowest BCUT2D eigenvalue weighted by Gasteiger charge is -2.34. The average molecular weight is 672 g/mol. The minimum Gasteiger partial charge on any atom is -0.480 e. The molecule has 3 aromatic carbocycles. The Labute approximate surface area is 286 Å². The Kier molecular flexibility index (Phi) is 11.8. The predicted molar refractivity (Wildman–Crippen MR) is 184 cm³/mol. The Hall–Kier alpha value is -4.65. The molecule has 0 spiro atoms. The topological polar surface area (TPSA) is 157 Å². The Morgan fingerprint density at radius 1 is 0.796 bits per heavy atom. The van der Waals surface area contributed by atoms with E-state index in [1.165, 1.54) is 0 Å². The van der Waals surface area contributed by atoms with Crippen LogP contribution in [-0.2, 0) is 25.5 Å². The monoisotopic (exact) mass is 671 g/mol. The van der Waals surface area contributed by atoms with Crippen LogP contribution in [0.25, 0.3) is 10.8 Å². The van der Waals surface area contributed by atoms with Crippen LogP contribution >= 0.6 is 0 Å². The van der Waals surface area contributed by atoms with Crippen molar-refractivity contribution in [1.82, 2.24) is 25.8 Å². The molecule has 1 fully saturated rings. The number of nitrogens with one attached hydrogen (secondary N) is 3. The molecule has 12 heteroatoms. The zero-order valence-electron chi connectivity index (χ0n) is 28.2. The summed E-state index contributed by atoms with van der Waals surface area (Å²) < 4.78 is 5.43. The molecule has 2 unspecified atom stereocenters. The lowest BCUT2D eigenvalue weighted by molar-refractivity contribution is -0.140. The van der Waals surface area contributed by atoms with E-state index < -0.39 is 41.8 Å². The average Bonchev–Trinajstić information content (AvgIpc) is 3.32. The Morgan fingerprint density at radius 3 is 1.94 bits per heavy atom. The summed E-state index contributed by atoms with van der Waals surface area (Å²) in [5.74, 6) is -3.04. The lowest BCUT2D eigenvalue weighted by atomic mass is 9.99. The quantitative estimate of drug-likeness (QED) is 0.179. The first-order valence-corrected chi connectivity index (χ1v) is 16.9. The molecule has 1 saturated heterocycles. The highest BCUT2D eigenvalue weighted by Crippen LogP contribution is 2.28. The number of aliphatic carboxylic acids is 1. The fourth-order valence-corrected chi connectivity index (χ4v) is 6.38. The van der Waals surface area contributed by atoms with Gasteiger partial charge >= 0.3 is 5.97 Å². The Morgan fingerprint density at radius 2 is 1.37 bits per heavy atom. The first-order chi connectivity index (χ1) is 23.5. The number of benzene rings is 3. The normalized spacial score (nSPS) is 17.4. The number of carboxylic acid groups (broad SMARTS) is 1. The van der Waals surface area contributed by atoms with Gasteiger partial charge in [-0.15, -0.1) is 0 Å². The molecular formula is C37H45N5O7. The van der Waals surface area contributed by atoms with Crippen molar-refractivity contribution in [1.29, 1.82) is 0 Å². The van der Waals surface area contributed by atoms with Gasteiger partial charge in [0.1, 0.15) is 12.1 Å². The maximum atomic E-state index is 13.9. The summed E-state index contributed by atoms with van der Waals surface area (Å²) in [6.45, 7) is 8.06. The van der Waals surface area contributed by atoms with Crippen LogP contribution < -0.4 is 16.0 Å². The molecule has 4 atom stereocenters. The minimum atomic E-state index is -1.25. The van der Waals surface area contributed by atoms with Gasteiger partial charge in [0.15, 0.2) is 0 Å². The van der Waals surface area contributed by atoms with Crippen molar-refractivity contribution in [2.45, 2.75) is 64.3 Å². The summed E-state index contributed by atoms with van der Waals surface area (Å²) in [5, 5.41) is 20.7. The maximum absolute atomic E-state index is 13.9. The van der Waals surface area contributed by atoms with Gasteiger partial charge in [-0.3, -0.25) is 39.1 Å². The van der Waals surface area contributed by atoms with E-state index in [-0.39, 0.29) is 48.5 Å². The van der Waals surface area contributed by atoms with Crippen LogP contribution in [-0.4, -0.2) is 102 Å². The summed E-state index contributed by atoms with van der Waals surface area (Å²) in [7, 11) is 0. The van der Waals surface area contributed by atoms with Gasteiger partial charge in [0, 0.05) is 26.1 Å². The van der Waals surface area contributed by atoms with Crippen molar-refractivity contribution in [3.8, 4) is 0 Å². The van der Waals surface area contributed by atoms with Gasteiger partial charge in [-0.1, -0.05) is 68.4 Å². The van der Waals surface area contributed by atoms with Gasteiger partial charge in [0.05, 0.1) is 36.5 Å². The van der Waals surface area contributed by atoms with Crippen molar-refractivity contribution < 1.29 is 33.8 Å². The summed E-state index contributed by atoms with van der Waals surface area (Å²) in [6, 6.07) is 17.0. The number of nitrogens with zero attached hydrogens (tertiary/aromatic N) is 2. The minimum absolute atomic E-state index is 0.00538. The second kappa shape index (κ2) is 16.2. The SMILES string of the molecule is CC(C)C[C@H](NC(CCN1C(=O)c2cc3ccccc3cc2C1=O)C(=O)O)C(=O)N[C@@H](Cc1ccccc1)C(=O)NC(C)N1CCOCC1. The van der Waals surface area contributed by atoms with Crippen molar-refractivity contribution in [2.24, 2.45) is 5.92 Å². The van der Waals surface area contributed by atoms with E-state index in [4.69, 9.17) is 4.74 Å². The first-order valence-electron chi connectivity index (χ1n) is 16.9. The number of hydrogen-bond acceptors (Lipinski definition) is 8. The standard InChI is InChI=1S/C37H45N5O7/c1-23(2)19-31(34(44)40-32(20-25-9-5-4-6-10-25)33(43)38-24(3)41-15-17-49-18-16-41)39-30(37(47)48)13-14-42-35(45)28-21-26-11-7-8-12-27(26)22-29(28)36(42)46/h4-12,21-24,30-32,39H,13-20H2,1-3H3,(H,38,43)(H,40,44)(H,47,48)/t24?,30?,31-,32-/m0/s1. The Bertz CT molecular complexity index is 1620. The molecule has 0 aliphatic carbocycles. The van der Waals surface area contributed by atoms with Crippen molar-refractivity contribution >= 4 is 40.4 Å². The number of hydrogen-bond donors (Lipinski definition) is 4. The molecule has 2 heterocycles. The fourth-order valence-electron chi connectivity index (χ4n) is 6.38. The van der Waals surface area contributed by atoms with E-state index >= 15 is 0 Å². The van der Waals surface area contributed by atoms with E-state index in [0.29, 0.717) is 32.7 Å². The molecule has 2 aliphatic heterocycles. The molecule has 5 rings (SSSR count). The highest BCUT2D eigenvalue weighted by atomic mass is 16.5. The summed E-state index contributed by atoms with van der Waals surface area (Å²) in [5.41, 5.74) is 1.42. The summed E-state index contributed by atoms with van der Waals surface area (Å²) in [4.78, 5) is 69.6. The van der Waals surface area contributed by atoms with E-state index in [9.17, 15) is 29.1 Å². The lowest BCUT2D eigenvalue weighted by Crippen LogP contribution is -2.59. The third kappa shape index (κ3) is 8.88. The molecule has 2 aliphatic rings. The molecule has 4 N–H and O–H groups in total. The molecule has 12 nitrogen and oxygen atoms in total. The first kappa shape index (κ1) is 35.7. The number of carboxylic acids is 1. The van der Waals surface area contributed by atoms with Gasteiger partial charge in [-0.2, -0.15) is 0 Å². The third-order valence-corrected chi connectivity index (χ3v) is 9.06. The van der Waals surface area contributed by atoms with Crippen molar-refractivity contribution in [3.63, 3.8) is 0 Å². The molecular weight excluding hydrogens is 626 g/mol. The Balaban J connectivity index is 1.28. The highest BCUT2D eigenvalue weighted by molar-refractivity contribution is 6.23. The van der Waals surface area contributed by atoms with Gasteiger partial charge in [0.2, 0.25) is 11.8 Å². The van der Waals surface area contributed by atoms with Gasteiger partial charge in [-0.05, 0) is 54.2 Å². The van der Waals surface area contributed by atoms with Crippen LogP contribution in [0.3, 0.4) is 0 Å². The molecule has 0 aromatic heterocycles. The molecule has 260 valence electrons. The van der Waals surface area contributed by atoms with E-state index in [1.807, 2.05) is 75.4 Å².